The second-order valence-corrected chi connectivity index (χ2v) is 6.64. The van der Waals surface area contributed by atoms with Crippen LogP contribution in [0.2, 0.25) is 0 Å². The molecule has 0 aliphatic carbocycles. The highest BCUT2D eigenvalue weighted by Crippen LogP contribution is 2.23. The molecule has 0 saturated carbocycles. The van der Waals surface area contributed by atoms with Crippen molar-refractivity contribution in [3.05, 3.63) is 35.2 Å². The van der Waals surface area contributed by atoms with Crippen molar-refractivity contribution in [1.29, 1.82) is 0 Å². The zero-order chi connectivity index (χ0) is 13.1. The maximum Gasteiger partial charge on any atom is 0.195 e. The number of para-hydroxylation sites is 2. The molecule has 98 valence electrons. The van der Waals surface area contributed by atoms with Crippen LogP contribution in [-0.2, 0) is 6.42 Å². The number of fused-ring (bicyclic) bond motifs is 1. The molecule has 4 nitrogen and oxygen atoms in total. The summed E-state index contributed by atoms with van der Waals surface area (Å²) in [6.07, 6.45) is 1.88. The third-order valence-corrected chi connectivity index (χ3v) is 4.66. The minimum absolute atomic E-state index is 0.815. The number of aryl methyl sites for hydroxylation is 2. The maximum absolute atomic E-state index is 5.68. The minimum atomic E-state index is 0.815. The van der Waals surface area contributed by atoms with Crippen LogP contribution in [0.5, 0.6) is 0 Å². The van der Waals surface area contributed by atoms with E-state index in [0.717, 1.165) is 44.9 Å². The Labute approximate surface area is 119 Å². The van der Waals surface area contributed by atoms with Crippen LogP contribution in [0.15, 0.2) is 33.0 Å². The van der Waals surface area contributed by atoms with Crippen LogP contribution in [0, 0.1) is 6.92 Å². The van der Waals surface area contributed by atoms with Gasteiger partial charge in [-0.2, -0.15) is 0 Å². The Morgan fingerprint density at radius 1 is 1.26 bits per heavy atom. The Bertz CT molecular complexity index is 644. The minimum Gasteiger partial charge on any atom is -0.441 e. The Kier molecular flexibility index (Phi) is 3.79. The van der Waals surface area contributed by atoms with Gasteiger partial charge in [0.2, 0.25) is 0 Å². The van der Waals surface area contributed by atoms with Gasteiger partial charge in [-0.1, -0.05) is 35.2 Å². The summed E-state index contributed by atoms with van der Waals surface area (Å²) in [5, 5.41) is 9.10. The Balaban J connectivity index is 1.52. The molecule has 3 rings (SSSR count). The normalized spacial score (nSPS) is 11.2. The van der Waals surface area contributed by atoms with E-state index in [0.29, 0.717) is 0 Å². The highest BCUT2D eigenvalue weighted by Gasteiger charge is 2.05. The fourth-order valence-electron chi connectivity index (χ4n) is 1.75. The molecule has 0 bridgehead atoms. The second kappa shape index (κ2) is 5.71. The lowest BCUT2D eigenvalue weighted by molar-refractivity contribution is 0.526. The van der Waals surface area contributed by atoms with Crippen molar-refractivity contribution >= 4 is 34.2 Å². The highest BCUT2D eigenvalue weighted by atomic mass is 32.2. The van der Waals surface area contributed by atoms with Crippen LogP contribution in [0.3, 0.4) is 0 Å². The zero-order valence-electron chi connectivity index (χ0n) is 10.5. The van der Waals surface area contributed by atoms with Crippen molar-refractivity contribution in [3.8, 4) is 0 Å². The molecule has 0 unspecified atom stereocenters. The van der Waals surface area contributed by atoms with Crippen molar-refractivity contribution in [2.45, 2.75) is 24.1 Å². The molecule has 3 aromatic rings. The summed E-state index contributed by atoms with van der Waals surface area (Å²) in [5.41, 5.74) is 1.80. The van der Waals surface area contributed by atoms with Gasteiger partial charge in [0.25, 0.3) is 0 Å². The van der Waals surface area contributed by atoms with Crippen LogP contribution in [-0.4, -0.2) is 20.9 Å². The molecule has 1 aromatic carbocycles. The summed E-state index contributed by atoms with van der Waals surface area (Å²) in [4.78, 5) is 4.46. The largest absolute Gasteiger partial charge is 0.441 e. The fraction of sp³-hybridized carbons (Fsp3) is 0.308. The lowest BCUT2D eigenvalue weighted by Crippen LogP contribution is -1.87. The van der Waals surface area contributed by atoms with Crippen LogP contribution in [0.4, 0.5) is 0 Å². The van der Waals surface area contributed by atoms with Crippen molar-refractivity contribution in [3.63, 3.8) is 0 Å². The predicted molar refractivity (Wildman–Crippen MR) is 77.7 cm³/mol. The first-order valence-electron chi connectivity index (χ1n) is 6.08. The van der Waals surface area contributed by atoms with Gasteiger partial charge in [0.05, 0.1) is 0 Å². The number of oxazole rings is 1. The SMILES string of the molecule is Cc1nnc(SCCCc2nc3ccccc3o2)s1. The molecular formula is C13H13N3OS2. The number of rotatable bonds is 5. The van der Waals surface area contributed by atoms with Crippen molar-refractivity contribution in [2.24, 2.45) is 0 Å². The second-order valence-electron chi connectivity index (χ2n) is 4.11. The summed E-state index contributed by atoms with van der Waals surface area (Å²) >= 11 is 3.38. The van der Waals surface area contributed by atoms with E-state index in [2.05, 4.69) is 15.2 Å². The van der Waals surface area contributed by atoms with Gasteiger partial charge in [-0.05, 0) is 25.5 Å². The first-order chi connectivity index (χ1) is 9.31. The maximum atomic E-state index is 5.68. The van der Waals surface area contributed by atoms with Crippen LogP contribution >= 0.6 is 23.1 Å². The molecule has 19 heavy (non-hydrogen) atoms. The Hall–Kier alpha value is -1.40. The zero-order valence-corrected chi connectivity index (χ0v) is 12.1. The number of nitrogens with zero attached hydrogens (tertiary/aromatic N) is 3. The van der Waals surface area contributed by atoms with E-state index in [1.165, 1.54) is 0 Å². The molecule has 2 heterocycles. The summed E-state index contributed by atoms with van der Waals surface area (Å²) in [6.45, 7) is 1.97. The van der Waals surface area contributed by atoms with Gasteiger partial charge in [-0.3, -0.25) is 0 Å². The standard InChI is InChI=1S/C13H13N3OS2/c1-9-15-16-13(19-9)18-8-4-7-12-14-10-5-2-3-6-11(10)17-12/h2-3,5-6H,4,7-8H2,1H3. The van der Waals surface area contributed by atoms with Gasteiger partial charge >= 0.3 is 0 Å². The van der Waals surface area contributed by atoms with Crippen LogP contribution in [0.25, 0.3) is 11.1 Å². The third-order valence-electron chi connectivity index (χ3n) is 2.61. The van der Waals surface area contributed by atoms with E-state index in [4.69, 9.17) is 4.42 Å². The number of aromatic nitrogens is 3. The molecule has 0 fully saturated rings. The third kappa shape index (κ3) is 3.13. The lowest BCUT2D eigenvalue weighted by atomic mass is 10.3. The van der Waals surface area contributed by atoms with E-state index >= 15 is 0 Å². The molecule has 0 spiro atoms. The predicted octanol–water partition coefficient (Wildman–Crippen LogP) is 3.71. The topological polar surface area (TPSA) is 51.8 Å². The molecule has 0 N–H and O–H groups in total. The van der Waals surface area contributed by atoms with E-state index in [9.17, 15) is 0 Å². The molecule has 0 saturated heterocycles. The lowest BCUT2D eigenvalue weighted by Gasteiger charge is -1.94. The van der Waals surface area contributed by atoms with Gasteiger partial charge in [-0.15, -0.1) is 10.2 Å². The molecule has 0 aliphatic heterocycles. The number of thioether (sulfide) groups is 1. The molecule has 2 aromatic heterocycles. The monoisotopic (exact) mass is 291 g/mol. The van der Waals surface area contributed by atoms with Crippen molar-refractivity contribution in [1.82, 2.24) is 15.2 Å². The molecule has 0 atom stereocenters. The van der Waals surface area contributed by atoms with Crippen molar-refractivity contribution < 1.29 is 4.42 Å². The van der Waals surface area contributed by atoms with Gasteiger partial charge in [0, 0.05) is 12.2 Å². The molecule has 0 amide bonds. The van der Waals surface area contributed by atoms with Gasteiger partial charge in [0.1, 0.15) is 10.5 Å². The van der Waals surface area contributed by atoms with E-state index in [1.807, 2.05) is 31.2 Å². The van der Waals surface area contributed by atoms with Gasteiger partial charge in [0.15, 0.2) is 15.8 Å². The summed E-state index contributed by atoms with van der Waals surface area (Å²) in [5.74, 6) is 1.82. The number of hydrogen-bond acceptors (Lipinski definition) is 6. The van der Waals surface area contributed by atoms with Gasteiger partial charge in [-0.25, -0.2) is 4.98 Å². The number of hydrogen-bond donors (Lipinski definition) is 0. The molecule has 0 radical (unpaired) electrons. The van der Waals surface area contributed by atoms with E-state index in [-0.39, 0.29) is 0 Å². The van der Waals surface area contributed by atoms with Crippen LogP contribution in [0.1, 0.15) is 17.3 Å². The van der Waals surface area contributed by atoms with Crippen molar-refractivity contribution in [2.75, 3.05) is 5.75 Å². The molecular weight excluding hydrogens is 278 g/mol. The quantitative estimate of drug-likeness (QED) is 0.530. The van der Waals surface area contributed by atoms with Gasteiger partial charge < -0.3 is 4.42 Å². The number of benzene rings is 1. The van der Waals surface area contributed by atoms with E-state index in [1.54, 1.807) is 23.1 Å². The average Bonchev–Trinajstić information content (AvgIpc) is 3.00. The fourth-order valence-corrected chi connectivity index (χ4v) is 3.57. The average molecular weight is 291 g/mol. The Morgan fingerprint density at radius 2 is 2.16 bits per heavy atom. The Morgan fingerprint density at radius 3 is 2.95 bits per heavy atom. The molecule has 6 heteroatoms. The summed E-state index contributed by atoms with van der Waals surface area (Å²) < 4.78 is 6.72. The van der Waals surface area contributed by atoms with E-state index < -0.39 is 0 Å². The summed E-state index contributed by atoms with van der Waals surface area (Å²) in [7, 11) is 0. The highest BCUT2D eigenvalue weighted by molar-refractivity contribution is 8.01. The first kappa shape index (κ1) is 12.6. The smallest absolute Gasteiger partial charge is 0.195 e. The van der Waals surface area contributed by atoms with Crippen LogP contribution < -0.4 is 0 Å². The summed E-state index contributed by atoms with van der Waals surface area (Å²) in [6, 6.07) is 7.86. The molecule has 0 aliphatic rings. The first-order valence-corrected chi connectivity index (χ1v) is 7.89.